The van der Waals surface area contributed by atoms with Gasteiger partial charge in [0.25, 0.3) is 0 Å². The minimum atomic E-state index is -1.26. The third-order valence-electron chi connectivity index (χ3n) is 3.22. The van der Waals surface area contributed by atoms with Crippen molar-refractivity contribution in [3.63, 3.8) is 0 Å². The number of hydrogen-bond donors (Lipinski definition) is 2. The topological polar surface area (TPSA) is 91.7 Å². The van der Waals surface area contributed by atoms with Gasteiger partial charge in [0.15, 0.2) is 5.78 Å². The van der Waals surface area contributed by atoms with Gasteiger partial charge in [-0.05, 0) is 34.6 Å². The molecule has 0 atom stereocenters. The lowest BCUT2D eigenvalue weighted by atomic mass is 10.0. The van der Waals surface area contributed by atoms with Crippen LogP contribution in [0, 0.1) is 0 Å². The number of hydrogen-bond acceptors (Lipinski definition) is 4. The molecule has 2 N–H and O–H groups in total. The highest BCUT2D eigenvalue weighted by Crippen LogP contribution is 2.27. The molecule has 118 valence electrons. The predicted molar refractivity (Wildman–Crippen MR) is 86.0 cm³/mol. The summed E-state index contributed by atoms with van der Waals surface area (Å²) in [6, 6.07) is 10.3. The Balaban J connectivity index is 0.000000207. The number of rotatable bonds is 2. The van der Waals surface area contributed by atoms with E-state index in [1.807, 2.05) is 17.5 Å². The molecule has 0 unspecified atom stereocenters. The van der Waals surface area contributed by atoms with Crippen LogP contribution in [0.1, 0.15) is 26.4 Å². The zero-order valence-electron chi connectivity index (χ0n) is 12.1. The second-order valence-corrected chi connectivity index (χ2v) is 5.75. The van der Waals surface area contributed by atoms with Crippen LogP contribution in [-0.2, 0) is 22.4 Å². The summed E-state index contributed by atoms with van der Waals surface area (Å²) >= 11 is 1.57. The Labute approximate surface area is 136 Å². The van der Waals surface area contributed by atoms with Gasteiger partial charge in [0.2, 0.25) is 0 Å². The Morgan fingerprint density at radius 3 is 2.04 bits per heavy atom. The molecule has 0 bridgehead atoms. The van der Waals surface area contributed by atoms with Crippen molar-refractivity contribution >= 4 is 29.1 Å². The first-order valence-corrected chi connectivity index (χ1v) is 7.65. The largest absolute Gasteiger partial charge is 0.478 e. The highest BCUT2D eigenvalue weighted by Gasteiger charge is 2.19. The molecule has 1 aromatic heterocycles. The lowest BCUT2D eigenvalue weighted by Gasteiger charge is -2.02. The van der Waals surface area contributed by atoms with Crippen LogP contribution in [0.15, 0.2) is 47.9 Å². The van der Waals surface area contributed by atoms with E-state index in [9.17, 15) is 14.4 Å². The normalized spacial score (nSPS) is 12.6. The van der Waals surface area contributed by atoms with Gasteiger partial charge in [-0.1, -0.05) is 24.3 Å². The number of carbonyl (C=O) groups excluding carboxylic acids is 1. The third-order valence-corrected chi connectivity index (χ3v) is 4.22. The lowest BCUT2D eigenvalue weighted by Crippen LogP contribution is -2.00. The minimum absolute atomic E-state index is 0.268. The highest BCUT2D eigenvalue weighted by atomic mass is 32.1. The number of thiophene rings is 1. The third kappa shape index (κ3) is 4.62. The number of carbonyl (C=O) groups is 3. The molecule has 2 aromatic rings. The molecule has 5 nitrogen and oxygen atoms in total. The summed E-state index contributed by atoms with van der Waals surface area (Å²) in [6.07, 6.45) is 2.58. The molecule has 1 aromatic carbocycles. The summed E-state index contributed by atoms with van der Waals surface area (Å²) in [7, 11) is 0. The molecule has 0 saturated carbocycles. The second kappa shape index (κ2) is 7.51. The monoisotopic (exact) mass is 330 g/mol. The maximum atomic E-state index is 11.9. The van der Waals surface area contributed by atoms with Crippen LogP contribution in [0.5, 0.6) is 0 Å². The van der Waals surface area contributed by atoms with E-state index in [0.29, 0.717) is 18.6 Å². The summed E-state index contributed by atoms with van der Waals surface area (Å²) in [4.78, 5) is 32.0. The van der Waals surface area contributed by atoms with Crippen molar-refractivity contribution in [2.75, 3.05) is 0 Å². The van der Waals surface area contributed by atoms with Gasteiger partial charge in [-0.3, -0.25) is 4.79 Å². The Bertz CT molecular complexity index is 757. The SMILES string of the molecule is O=C(O)/C=C/C(=O)O.O=C1Cc2ccccc2Cc2ccsc21. The van der Waals surface area contributed by atoms with E-state index in [1.54, 1.807) is 11.3 Å². The van der Waals surface area contributed by atoms with Crippen LogP contribution < -0.4 is 0 Å². The minimum Gasteiger partial charge on any atom is -0.478 e. The summed E-state index contributed by atoms with van der Waals surface area (Å²) in [5, 5.41) is 17.6. The standard InChI is InChI=1S/C13H10OS.C4H4O4/c14-12-8-10-4-2-1-3-9(10)7-11-5-6-15-13(11)12;5-3(6)1-2-4(7)8/h1-6H,7-8H2;1-2H,(H,5,6)(H,7,8)/b;2-1+. The van der Waals surface area contributed by atoms with E-state index in [-0.39, 0.29) is 5.78 Å². The zero-order chi connectivity index (χ0) is 16.8. The molecule has 0 spiro atoms. The molecular formula is C17H14O5S. The summed E-state index contributed by atoms with van der Waals surface area (Å²) in [6.45, 7) is 0. The first kappa shape index (κ1) is 16.6. The number of aliphatic carboxylic acids is 2. The van der Waals surface area contributed by atoms with E-state index < -0.39 is 11.9 Å². The van der Waals surface area contributed by atoms with Crippen molar-refractivity contribution in [1.82, 2.24) is 0 Å². The molecule has 0 fully saturated rings. The smallest absolute Gasteiger partial charge is 0.328 e. The number of carboxylic acids is 2. The fourth-order valence-corrected chi connectivity index (χ4v) is 3.09. The number of fused-ring (bicyclic) bond motifs is 2. The van der Waals surface area contributed by atoms with E-state index in [4.69, 9.17) is 10.2 Å². The van der Waals surface area contributed by atoms with Crippen LogP contribution >= 0.6 is 11.3 Å². The van der Waals surface area contributed by atoms with E-state index in [0.717, 1.165) is 11.3 Å². The van der Waals surface area contributed by atoms with Crippen molar-refractivity contribution in [2.24, 2.45) is 0 Å². The molecular weight excluding hydrogens is 316 g/mol. The van der Waals surface area contributed by atoms with Crippen LogP contribution in [0.4, 0.5) is 0 Å². The number of ketones is 1. The molecule has 1 aliphatic carbocycles. The van der Waals surface area contributed by atoms with E-state index >= 15 is 0 Å². The fourth-order valence-electron chi connectivity index (χ4n) is 2.22. The van der Waals surface area contributed by atoms with Crippen molar-refractivity contribution in [3.05, 3.63) is 69.4 Å². The zero-order valence-corrected chi connectivity index (χ0v) is 12.9. The van der Waals surface area contributed by atoms with E-state index in [1.165, 1.54) is 16.7 Å². The lowest BCUT2D eigenvalue weighted by molar-refractivity contribution is -0.134. The maximum absolute atomic E-state index is 11.9. The van der Waals surface area contributed by atoms with Gasteiger partial charge < -0.3 is 10.2 Å². The second-order valence-electron chi connectivity index (χ2n) is 4.83. The Morgan fingerprint density at radius 2 is 1.48 bits per heavy atom. The average molecular weight is 330 g/mol. The number of benzene rings is 1. The van der Waals surface area contributed by atoms with Crippen LogP contribution in [0.25, 0.3) is 0 Å². The van der Waals surface area contributed by atoms with Gasteiger partial charge in [-0.15, -0.1) is 11.3 Å². The van der Waals surface area contributed by atoms with Gasteiger partial charge in [-0.25, -0.2) is 9.59 Å². The fraction of sp³-hybridized carbons (Fsp3) is 0.118. The molecule has 1 heterocycles. The van der Waals surface area contributed by atoms with Crippen molar-refractivity contribution in [3.8, 4) is 0 Å². The number of Topliss-reactive ketones (excluding diaryl/α,β-unsaturated/α-hetero) is 1. The van der Waals surface area contributed by atoms with Crippen molar-refractivity contribution in [1.29, 1.82) is 0 Å². The average Bonchev–Trinajstić information content (AvgIpc) is 2.91. The van der Waals surface area contributed by atoms with Gasteiger partial charge in [-0.2, -0.15) is 0 Å². The first-order valence-electron chi connectivity index (χ1n) is 6.77. The quantitative estimate of drug-likeness (QED) is 0.826. The van der Waals surface area contributed by atoms with Crippen LogP contribution in [-0.4, -0.2) is 27.9 Å². The number of carboxylic acid groups (broad SMARTS) is 2. The van der Waals surface area contributed by atoms with Gasteiger partial charge in [0.05, 0.1) is 4.88 Å². The Morgan fingerprint density at radius 1 is 0.913 bits per heavy atom. The molecule has 0 saturated heterocycles. The molecule has 1 aliphatic rings. The first-order chi connectivity index (χ1) is 11.0. The molecule has 0 amide bonds. The van der Waals surface area contributed by atoms with Crippen LogP contribution in [0.2, 0.25) is 0 Å². The molecule has 6 heteroatoms. The highest BCUT2D eigenvalue weighted by molar-refractivity contribution is 7.12. The molecule has 0 radical (unpaired) electrons. The van der Waals surface area contributed by atoms with Gasteiger partial charge in [0, 0.05) is 18.6 Å². The summed E-state index contributed by atoms with van der Waals surface area (Å²) in [5.41, 5.74) is 3.67. The maximum Gasteiger partial charge on any atom is 0.328 e. The van der Waals surface area contributed by atoms with Gasteiger partial charge >= 0.3 is 11.9 Å². The summed E-state index contributed by atoms with van der Waals surface area (Å²) in [5.74, 6) is -2.25. The Hall–Kier alpha value is -2.73. The van der Waals surface area contributed by atoms with Crippen molar-refractivity contribution < 1.29 is 24.6 Å². The summed E-state index contributed by atoms with van der Waals surface area (Å²) < 4.78 is 0. The predicted octanol–water partition coefficient (Wildman–Crippen LogP) is 2.79. The van der Waals surface area contributed by atoms with Crippen molar-refractivity contribution in [2.45, 2.75) is 12.8 Å². The molecule has 3 rings (SSSR count). The molecule has 23 heavy (non-hydrogen) atoms. The van der Waals surface area contributed by atoms with Gasteiger partial charge in [0.1, 0.15) is 0 Å². The Kier molecular flexibility index (Phi) is 5.43. The van der Waals surface area contributed by atoms with Crippen LogP contribution in [0.3, 0.4) is 0 Å². The molecule has 0 aliphatic heterocycles. The van der Waals surface area contributed by atoms with E-state index in [2.05, 4.69) is 18.2 Å².